The lowest BCUT2D eigenvalue weighted by molar-refractivity contribution is 0.0891. The molecule has 1 atom stereocenters. The number of nitrogens with one attached hydrogen (secondary N) is 2. The molecule has 0 radical (unpaired) electrons. The molecule has 8 nitrogen and oxygen atoms in total. The van der Waals surface area contributed by atoms with Gasteiger partial charge in [-0.2, -0.15) is 0 Å². The highest BCUT2D eigenvalue weighted by Crippen LogP contribution is 2.36. The average Bonchev–Trinajstić information content (AvgIpc) is 3.32. The van der Waals surface area contributed by atoms with Gasteiger partial charge in [0.2, 0.25) is 11.6 Å². The van der Waals surface area contributed by atoms with E-state index >= 15 is 0 Å². The second-order valence-corrected chi connectivity index (χ2v) is 10.7. The number of nitrogens with zero attached hydrogens (tertiary/aromatic N) is 2. The van der Waals surface area contributed by atoms with Crippen LogP contribution in [0.4, 0.5) is 0 Å². The molecule has 10 heteroatoms. The molecular weight excluding hydrogens is 428 g/mol. The number of fused-ring (bicyclic) bond motifs is 1. The Kier molecular flexibility index (Phi) is 4.82. The summed E-state index contributed by atoms with van der Waals surface area (Å²) in [6.07, 6.45) is 6.32. The average molecular weight is 449 g/mol. The number of carbonyl (C=O) groups is 1. The first kappa shape index (κ1) is 19.6. The lowest BCUT2D eigenvalue weighted by Crippen LogP contribution is -2.37. The fourth-order valence-corrected chi connectivity index (χ4v) is 5.67. The van der Waals surface area contributed by atoms with Crippen LogP contribution in [0.15, 0.2) is 38.3 Å². The third-order valence-electron chi connectivity index (χ3n) is 5.74. The Labute approximate surface area is 178 Å². The molecule has 0 saturated heterocycles. The van der Waals surface area contributed by atoms with Gasteiger partial charge in [0.25, 0.3) is 5.91 Å². The number of aromatic nitrogens is 2. The van der Waals surface area contributed by atoms with Crippen LogP contribution in [0, 0.1) is 4.78 Å². The van der Waals surface area contributed by atoms with Crippen molar-refractivity contribution in [1.82, 2.24) is 15.3 Å². The molecule has 0 spiro atoms. The molecule has 5 rings (SSSR count). The van der Waals surface area contributed by atoms with E-state index in [1.54, 1.807) is 6.07 Å². The lowest BCUT2D eigenvalue weighted by atomic mass is 9.86. The van der Waals surface area contributed by atoms with Crippen molar-refractivity contribution < 1.29 is 17.8 Å². The fraction of sp³-hybridized carbons (Fsp3) is 0.450. The van der Waals surface area contributed by atoms with Crippen molar-refractivity contribution in [3.63, 3.8) is 0 Å². The Morgan fingerprint density at radius 3 is 2.67 bits per heavy atom. The maximum atomic E-state index is 12.5. The van der Waals surface area contributed by atoms with Crippen LogP contribution in [0.1, 0.15) is 60.9 Å². The van der Waals surface area contributed by atoms with Gasteiger partial charge in [-0.25, -0.2) is 19.0 Å². The zero-order valence-corrected chi connectivity index (χ0v) is 17.7. The number of carbonyl (C=O) groups excluding carboxylic acids is 1. The van der Waals surface area contributed by atoms with Gasteiger partial charge in [-0.1, -0.05) is 11.6 Å². The van der Waals surface area contributed by atoms with Crippen LogP contribution in [-0.4, -0.2) is 31.4 Å². The van der Waals surface area contributed by atoms with E-state index in [2.05, 4.69) is 15.3 Å². The number of oxazole rings is 1. The molecule has 2 saturated carbocycles. The predicted octanol–water partition coefficient (Wildman–Crippen LogP) is 4.49. The molecule has 30 heavy (non-hydrogen) atoms. The lowest BCUT2D eigenvalue weighted by Gasteiger charge is -2.27. The Bertz CT molecular complexity index is 1210. The summed E-state index contributed by atoms with van der Waals surface area (Å²) in [6, 6.07) is 4.75. The van der Waals surface area contributed by atoms with Gasteiger partial charge >= 0.3 is 0 Å². The number of rotatable bonds is 5. The number of amides is 1. The molecule has 0 aromatic carbocycles. The molecule has 3 aromatic rings. The summed E-state index contributed by atoms with van der Waals surface area (Å²) in [5.41, 5.74) is 1.13. The van der Waals surface area contributed by atoms with Crippen LogP contribution in [0.25, 0.3) is 11.2 Å². The zero-order chi connectivity index (χ0) is 20.9. The summed E-state index contributed by atoms with van der Waals surface area (Å²) in [5.74, 6) is 0.601. The Morgan fingerprint density at radius 1 is 1.17 bits per heavy atom. The predicted molar refractivity (Wildman–Crippen MR) is 110 cm³/mol. The second-order valence-electron chi connectivity index (χ2n) is 7.97. The van der Waals surface area contributed by atoms with E-state index in [-0.39, 0.29) is 34.0 Å². The molecule has 1 amide bonds. The molecule has 0 aliphatic heterocycles. The minimum atomic E-state index is -2.94. The number of furan rings is 1. The standard InChI is InChI=1S/C20H21ClN4O4S/c21-12-9-15-20(23-10-12)29-19(25-15)11-1-3-13(4-2-11)24-18(26)16-7-8-17(28-16)30(22,27)14-5-6-14/h7-11,13-14,22H,1-6H2,(H,24,26)/t11?,13?,30-/m0/s1. The van der Waals surface area contributed by atoms with Gasteiger partial charge in [0, 0.05) is 18.2 Å². The topological polar surface area (TPSA) is 122 Å². The summed E-state index contributed by atoms with van der Waals surface area (Å²) in [4.78, 5) is 21.2. The van der Waals surface area contributed by atoms with Crippen molar-refractivity contribution >= 4 is 38.5 Å². The van der Waals surface area contributed by atoms with Gasteiger partial charge < -0.3 is 14.2 Å². The maximum Gasteiger partial charge on any atom is 0.287 e. The van der Waals surface area contributed by atoms with Gasteiger partial charge in [0.1, 0.15) is 15.2 Å². The summed E-state index contributed by atoms with van der Waals surface area (Å²) in [6.45, 7) is 0. The molecule has 2 aliphatic rings. The largest absolute Gasteiger partial charge is 0.441 e. The van der Waals surface area contributed by atoms with Gasteiger partial charge in [-0.3, -0.25) is 4.79 Å². The van der Waals surface area contributed by atoms with E-state index in [0.717, 1.165) is 38.5 Å². The Hall–Kier alpha value is -2.39. The van der Waals surface area contributed by atoms with Crippen LogP contribution in [0.3, 0.4) is 0 Å². The van der Waals surface area contributed by atoms with E-state index in [9.17, 15) is 9.00 Å². The van der Waals surface area contributed by atoms with Crippen molar-refractivity contribution in [3.05, 3.63) is 41.1 Å². The number of hydrogen-bond acceptors (Lipinski definition) is 7. The molecule has 158 valence electrons. The third kappa shape index (κ3) is 3.72. The third-order valence-corrected chi connectivity index (χ3v) is 8.17. The first-order chi connectivity index (χ1) is 14.4. The highest BCUT2D eigenvalue weighted by Gasteiger charge is 2.36. The minimum Gasteiger partial charge on any atom is -0.441 e. The molecule has 2 fully saturated rings. The molecule has 0 unspecified atom stereocenters. The van der Waals surface area contributed by atoms with Crippen LogP contribution in [0.5, 0.6) is 0 Å². The Balaban J connectivity index is 1.20. The van der Waals surface area contributed by atoms with E-state index in [1.165, 1.54) is 18.3 Å². The van der Waals surface area contributed by atoms with E-state index < -0.39 is 9.73 Å². The molecular formula is C20H21ClN4O4S. The quantitative estimate of drug-likeness (QED) is 0.592. The highest BCUT2D eigenvalue weighted by molar-refractivity contribution is 7.93. The van der Waals surface area contributed by atoms with Crippen molar-refractivity contribution in [1.29, 1.82) is 4.78 Å². The summed E-state index contributed by atoms with van der Waals surface area (Å²) in [7, 11) is -2.94. The second kappa shape index (κ2) is 7.39. The zero-order valence-electron chi connectivity index (χ0n) is 16.1. The van der Waals surface area contributed by atoms with E-state index in [1.807, 2.05) is 0 Å². The first-order valence-electron chi connectivity index (χ1n) is 10.0. The molecule has 3 aromatic heterocycles. The van der Waals surface area contributed by atoms with Gasteiger partial charge in [0.15, 0.2) is 10.9 Å². The summed E-state index contributed by atoms with van der Waals surface area (Å²) in [5, 5.41) is 3.46. The molecule has 2 N–H and O–H groups in total. The van der Waals surface area contributed by atoms with Gasteiger partial charge in [-0.05, 0) is 56.7 Å². The van der Waals surface area contributed by atoms with Crippen LogP contribution in [0.2, 0.25) is 5.02 Å². The normalized spacial score (nSPS) is 23.9. The minimum absolute atomic E-state index is 0.0167. The highest BCUT2D eigenvalue weighted by atomic mass is 35.5. The van der Waals surface area contributed by atoms with Crippen LogP contribution < -0.4 is 5.32 Å². The molecule has 2 aliphatic carbocycles. The summed E-state index contributed by atoms with van der Waals surface area (Å²) < 4.78 is 31.7. The van der Waals surface area contributed by atoms with Crippen molar-refractivity contribution in [2.24, 2.45) is 0 Å². The van der Waals surface area contributed by atoms with E-state index in [4.69, 9.17) is 25.2 Å². The number of hydrogen-bond donors (Lipinski definition) is 2. The first-order valence-corrected chi connectivity index (χ1v) is 12.0. The maximum absolute atomic E-state index is 12.5. The smallest absolute Gasteiger partial charge is 0.287 e. The monoisotopic (exact) mass is 448 g/mol. The SMILES string of the molecule is N=[S@@](=O)(c1ccc(C(=O)NC2CCC(c3nc4cc(Cl)cnc4o3)CC2)o1)C1CC1. The van der Waals surface area contributed by atoms with Gasteiger partial charge in [-0.15, -0.1) is 0 Å². The van der Waals surface area contributed by atoms with E-state index in [0.29, 0.717) is 22.1 Å². The molecule has 3 heterocycles. The number of pyridine rings is 1. The van der Waals surface area contributed by atoms with Crippen molar-refractivity contribution in [3.8, 4) is 0 Å². The summed E-state index contributed by atoms with van der Waals surface area (Å²) >= 11 is 5.96. The Morgan fingerprint density at radius 2 is 1.93 bits per heavy atom. The number of halogens is 1. The van der Waals surface area contributed by atoms with Crippen LogP contribution >= 0.6 is 11.6 Å². The van der Waals surface area contributed by atoms with Crippen LogP contribution in [-0.2, 0) is 9.73 Å². The fourth-order valence-electron chi connectivity index (χ4n) is 3.90. The van der Waals surface area contributed by atoms with Crippen molar-refractivity contribution in [2.45, 2.75) is 60.8 Å². The van der Waals surface area contributed by atoms with Gasteiger partial charge in [0.05, 0.1) is 10.3 Å². The van der Waals surface area contributed by atoms with Crippen molar-refractivity contribution in [2.75, 3.05) is 0 Å². The molecule has 0 bridgehead atoms.